The van der Waals surface area contributed by atoms with Crippen LogP contribution in [-0.4, -0.2) is 5.54 Å². The van der Waals surface area contributed by atoms with Gasteiger partial charge in [0.05, 0.1) is 0 Å². The molecule has 0 amide bonds. The first-order valence-electron chi connectivity index (χ1n) is 3.95. The van der Waals surface area contributed by atoms with Crippen molar-refractivity contribution < 1.29 is 4.39 Å². The summed E-state index contributed by atoms with van der Waals surface area (Å²) in [5.41, 5.74) is 5.28. The molecule has 0 bridgehead atoms. The summed E-state index contributed by atoms with van der Waals surface area (Å²) >= 11 is 1.44. The fourth-order valence-corrected chi connectivity index (χ4v) is 1.73. The highest BCUT2D eigenvalue weighted by Crippen LogP contribution is 2.29. The molecule has 0 radical (unpaired) electrons. The fraction of sp³-hybridized carbons (Fsp3) is 0.556. The van der Waals surface area contributed by atoms with Gasteiger partial charge >= 0.3 is 0 Å². The van der Waals surface area contributed by atoms with Gasteiger partial charge in [0.25, 0.3) is 0 Å². The molecular formula is C9H14FNS. The summed E-state index contributed by atoms with van der Waals surface area (Å²) in [5.74, 6) is 0. The summed E-state index contributed by atoms with van der Waals surface area (Å²) in [7, 11) is 0. The van der Waals surface area contributed by atoms with Gasteiger partial charge in [-0.3, -0.25) is 0 Å². The molecule has 1 unspecified atom stereocenters. The Morgan fingerprint density at radius 3 is 2.75 bits per heavy atom. The lowest BCUT2D eigenvalue weighted by Gasteiger charge is -2.20. The maximum atomic E-state index is 13.4. The maximum absolute atomic E-state index is 13.4. The Morgan fingerprint density at radius 2 is 2.33 bits per heavy atom. The molecule has 0 saturated heterocycles. The van der Waals surface area contributed by atoms with Crippen LogP contribution in [0, 0.1) is 0 Å². The second-order valence-corrected chi connectivity index (χ2v) is 4.65. The van der Waals surface area contributed by atoms with Crippen molar-refractivity contribution in [3.63, 3.8) is 0 Å². The zero-order valence-corrected chi connectivity index (χ0v) is 8.20. The smallest absolute Gasteiger partial charge is 0.136 e. The first kappa shape index (κ1) is 9.68. The number of thiophene rings is 1. The van der Waals surface area contributed by atoms with Crippen molar-refractivity contribution in [2.24, 2.45) is 5.73 Å². The Bertz CT molecular complexity index is 225. The molecule has 1 atom stereocenters. The van der Waals surface area contributed by atoms with Crippen molar-refractivity contribution in [3.05, 3.63) is 22.4 Å². The van der Waals surface area contributed by atoms with Crippen LogP contribution >= 0.6 is 11.3 Å². The third kappa shape index (κ3) is 2.91. The van der Waals surface area contributed by atoms with Crippen LogP contribution in [0.1, 0.15) is 31.3 Å². The molecule has 12 heavy (non-hydrogen) atoms. The van der Waals surface area contributed by atoms with Crippen molar-refractivity contribution >= 4 is 11.3 Å². The molecule has 0 aromatic carbocycles. The van der Waals surface area contributed by atoms with Gasteiger partial charge < -0.3 is 5.73 Å². The minimum Gasteiger partial charge on any atom is -0.325 e. The predicted octanol–water partition coefficient (Wildman–Crippen LogP) is 2.89. The van der Waals surface area contributed by atoms with Crippen molar-refractivity contribution in [2.45, 2.75) is 32.0 Å². The summed E-state index contributed by atoms with van der Waals surface area (Å²) in [6.45, 7) is 3.68. The molecule has 0 aliphatic heterocycles. The molecule has 0 saturated carbocycles. The van der Waals surface area contributed by atoms with Crippen LogP contribution in [0.2, 0.25) is 0 Å². The van der Waals surface area contributed by atoms with Gasteiger partial charge in [-0.2, -0.15) is 0 Å². The molecule has 3 heteroatoms. The predicted molar refractivity (Wildman–Crippen MR) is 51.1 cm³/mol. The van der Waals surface area contributed by atoms with Gasteiger partial charge in [-0.1, -0.05) is 6.07 Å². The van der Waals surface area contributed by atoms with E-state index in [1.807, 2.05) is 25.3 Å². The Morgan fingerprint density at radius 1 is 1.67 bits per heavy atom. The van der Waals surface area contributed by atoms with E-state index in [4.69, 9.17) is 5.73 Å². The lowest BCUT2D eigenvalue weighted by atomic mass is 9.98. The van der Waals surface area contributed by atoms with Gasteiger partial charge in [0.15, 0.2) is 0 Å². The van der Waals surface area contributed by atoms with Crippen LogP contribution in [0.15, 0.2) is 17.5 Å². The molecule has 0 spiro atoms. The topological polar surface area (TPSA) is 26.0 Å². The van der Waals surface area contributed by atoms with Gasteiger partial charge in [-0.05, 0) is 25.3 Å². The monoisotopic (exact) mass is 187 g/mol. The zero-order valence-electron chi connectivity index (χ0n) is 7.38. The third-order valence-corrected chi connectivity index (χ3v) is 2.51. The van der Waals surface area contributed by atoms with E-state index >= 15 is 0 Å². The number of nitrogens with two attached hydrogens (primary N) is 1. The molecule has 1 aromatic heterocycles. The summed E-state index contributed by atoms with van der Waals surface area (Å²) < 4.78 is 13.4. The minimum absolute atomic E-state index is 0.382. The largest absolute Gasteiger partial charge is 0.325 e. The van der Waals surface area contributed by atoms with Gasteiger partial charge in [-0.15, -0.1) is 11.3 Å². The third-order valence-electron chi connectivity index (χ3n) is 1.56. The summed E-state index contributed by atoms with van der Waals surface area (Å²) in [5, 5.41) is 1.88. The van der Waals surface area contributed by atoms with Crippen molar-refractivity contribution in [2.75, 3.05) is 0 Å². The minimum atomic E-state index is -0.912. The fourth-order valence-electron chi connectivity index (χ4n) is 1.03. The van der Waals surface area contributed by atoms with E-state index in [1.165, 1.54) is 11.3 Å². The number of rotatable bonds is 3. The second-order valence-electron chi connectivity index (χ2n) is 3.68. The van der Waals surface area contributed by atoms with Crippen molar-refractivity contribution in [1.82, 2.24) is 0 Å². The van der Waals surface area contributed by atoms with E-state index in [9.17, 15) is 4.39 Å². The van der Waals surface area contributed by atoms with Crippen LogP contribution in [0.4, 0.5) is 4.39 Å². The van der Waals surface area contributed by atoms with E-state index in [2.05, 4.69) is 0 Å². The van der Waals surface area contributed by atoms with E-state index < -0.39 is 11.7 Å². The quantitative estimate of drug-likeness (QED) is 0.773. The molecule has 0 aliphatic carbocycles. The average Bonchev–Trinajstić information content (AvgIpc) is 2.32. The molecule has 1 rings (SSSR count). The van der Waals surface area contributed by atoms with Gasteiger partial charge in [0.1, 0.15) is 6.17 Å². The van der Waals surface area contributed by atoms with Crippen molar-refractivity contribution in [1.29, 1.82) is 0 Å². The molecule has 0 fully saturated rings. The van der Waals surface area contributed by atoms with Crippen molar-refractivity contribution in [3.8, 4) is 0 Å². The standard InChI is InChI=1S/C9H14FNS/c1-9(2,11)6-7(10)8-4-3-5-12-8/h3-5,7H,6,11H2,1-2H3. The number of hydrogen-bond donors (Lipinski definition) is 1. The van der Waals surface area contributed by atoms with E-state index in [0.29, 0.717) is 6.42 Å². The Kier molecular flexibility index (Phi) is 2.85. The molecule has 0 aliphatic rings. The SMILES string of the molecule is CC(C)(N)CC(F)c1cccs1. The maximum Gasteiger partial charge on any atom is 0.136 e. The molecule has 68 valence electrons. The van der Waals surface area contributed by atoms with Gasteiger partial charge in [0.2, 0.25) is 0 Å². The average molecular weight is 187 g/mol. The van der Waals surface area contributed by atoms with Crippen LogP contribution in [-0.2, 0) is 0 Å². The van der Waals surface area contributed by atoms with E-state index in [0.717, 1.165) is 4.88 Å². The van der Waals surface area contributed by atoms with Crippen LogP contribution < -0.4 is 5.73 Å². The Labute approximate surface area is 76.4 Å². The Balaban J connectivity index is 2.56. The van der Waals surface area contributed by atoms with Crippen LogP contribution in [0.5, 0.6) is 0 Å². The first-order chi connectivity index (χ1) is 5.49. The molecule has 1 heterocycles. The summed E-state index contributed by atoms with van der Waals surface area (Å²) in [4.78, 5) is 0.772. The zero-order chi connectivity index (χ0) is 9.19. The summed E-state index contributed by atoms with van der Waals surface area (Å²) in [6, 6.07) is 3.66. The molecule has 1 nitrogen and oxygen atoms in total. The van der Waals surface area contributed by atoms with E-state index in [-0.39, 0.29) is 0 Å². The molecular weight excluding hydrogens is 173 g/mol. The number of halogens is 1. The van der Waals surface area contributed by atoms with Gasteiger partial charge in [-0.25, -0.2) is 4.39 Å². The highest BCUT2D eigenvalue weighted by molar-refractivity contribution is 7.10. The highest BCUT2D eigenvalue weighted by atomic mass is 32.1. The second kappa shape index (κ2) is 3.54. The number of alkyl halides is 1. The normalized spacial score (nSPS) is 14.7. The first-order valence-corrected chi connectivity index (χ1v) is 4.83. The lowest BCUT2D eigenvalue weighted by Crippen LogP contribution is -2.32. The molecule has 2 N–H and O–H groups in total. The summed E-state index contributed by atoms with van der Waals surface area (Å²) in [6.07, 6.45) is -0.530. The van der Waals surface area contributed by atoms with E-state index in [1.54, 1.807) is 6.07 Å². The van der Waals surface area contributed by atoms with Crippen LogP contribution in [0.25, 0.3) is 0 Å². The van der Waals surface area contributed by atoms with Gasteiger partial charge in [0, 0.05) is 16.8 Å². The molecule has 1 aromatic rings. The van der Waals surface area contributed by atoms with Crippen LogP contribution in [0.3, 0.4) is 0 Å². The number of hydrogen-bond acceptors (Lipinski definition) is 2. The Hall–Kier alpha value is -0.410. The highest BCUT2D eigenvalue weighted by Gasteiger charge is 2.20. The lowest BCUT2D eigenvalue weighted by molar-refractivity contribution is 0.271.